The number of amides is 1. The first kappa shape index (κ1) is 20.6. The second-order valence-corrected chi connectivity index (χ2v) is 9.79. The predicted octanol–water partition coefficient (Wildman–Crippen LogP) is 3.85. The lowest BCUT2D eigenvalue weighted by Crippen LogP contribution is -2.39. The van der Waals surface area contributed by atoms with Gasteiger partial charge in [-0.05, 0) is 44.0 Å². The van der Waals surface area contributed by atoms with Crippen molar-refractivity contribution in [3.05, 3.63) is 59.8 Å². The van der Waals surface area contributed by atoms with Crippen LogP contribution in [0, 0.1) is 6.92 Å². The summed E-state index contributed by atoms with van der Waals surface area (Å²) >= 11 is 0. The van der Waals surface area contributed by atoms with Crippen LogP contribution in [0.4, 0.5) is 17.2 Å². The maximum Gasteiger partial charge on any atom is 0.241 e. The Hall–Kier alpha value is -3.32. The van der Waals surface area contributed by atoms with Crippen LogP contribution in [0.25, 0.3) is 11.1 Å². The molecule has 1 atom stereocenters. The smallest absolute Gasteiger partial charge is 0.241 e. The number of hydrogen-bond acceptors (Lipinski definition) is 6. The van der Waals surface area contributed by atoms with E-state index in [9.17, 15) is 9.90 Å². The molecule has 2 aliphatic rings. The van der Waals surface area contributed by atoms with E-state index >= 15 is 0 Å². The van der Waals surface area contributed by atoms with Crippen LogP contribution in [0.3, 0.4) is 0 Å². The number of pyridine rings is 1. The molecule has 4 heterocycles. The number of aliphatic hydroxyl groups is 1. The van der Waals surface area contributed by atoms with Crippen molar-refractivity contribution in [2.24, 2.45) is 0 Å². The summed E-state index contributed by atoms with van der Waals surface area (Å²) in [5.41, 5.74) is 4.11. The van der Waals surface area contributed by atoms with Gasteiger partial charge in [-0.2, -0.15) is 0 Å². The molecule has 0 radical (unpaired) electrons. The Morgan fingerprint density at radius 1 is 0.938 bits per heavy atom. The number of aromatic nitrogens is 3. The first-order chi connectivity index (χ1) is 15.0. The zero-order valence-corrected chi connectivity index (χ0v) is 19.2. The van der Waals surface area contributed by atoms with Crippen molar-refractivity contribution in [2.45, 2.75) is 51.7 Å². The van der Waals surface area contributed by atoms with Gasteiger partial charge in [0, 0.05) is 36.0 Å². The minimum Gasteiger partial charge on any atom is -0.373 e. The first-order valence-electron chi connectivity index (χ1n) is 10.7. The van der Waals surface area contributed by atoms with E-state index in [1.807, 2.05) is 65.9 Å². The maximum atomic E-state index is 13.6. The fourth-order valence-electron chi connectivity index (χ4n) is 4.79. The number of likely N-dealkylation sites (N-methyl/N-ethyl adjacent to an activating group) is 1. The van der Waals surface area contributed by atoms with Crippen LogP contribution in [-0.2, 0) is 15.6 Å². The number of benzene rings is 1. The van der Waals surface area contributed by atoms with Crippen molar-refractivity contribution in [1.29, 1.82) is 0 Å². The Balaban J connectivity index is 1.66. The van der Waals surface area contributed by atoms with Crippen molar-refractivity contribution < 1.29 is 9.90 Å². The van der Waals surface area contributed by atoms with Gasteiger partial charge in [-0.15, -0.1) is 0 Å². The Morgan fingerprint density at radius 3 is 2.31 bits per heavy atom. The summed E-state index contributed by atoms with van der Waals surface area (Å²) in [6, 6.07) is 8.04. The van der Waals surface area contributed by atoms with E-state index in [-0.39, 0.29) is 5.91 Å². The van der Waals surface area contributed by atoms with Crippen molar-refractivity contribution in [2.75, 3.05) is 16.8 Å². The summed E-state index contributed by atoms with van der Waals surface area (Å²) in [4.78, 5) is 30.4. The third kappa shape index (κ3) is 2.70. The fourth-order valence-corrected chi connectivity index (χ4v) is 4.79. The summed E-state index contributed by atoms with van der Waals surface area (Å²) in [6.07, 6.45) is 4.64. The highest BCUT2D eigenvalue weighted by molar-refractivity contribution is 6.13. The molecule has 32 heavy (non-hydrogen) atoms. The summed E-state index contributed by atoms with van der Waals surface area (Å²) in [5, 5.41) is 10.7. The zero-order valence-electron chi connectivity index (χ0n) is 19.2. The molecule has 1 aromatic carbocycles. The van der Waals surface area contributed by atoms with Gasteiger partial charge in [-0.3, -0.25) is 9.69 Å². The van der Waals surface area contributed by atoms with Crippen LogP contribution in [0.2, 0.25) is 0 Å². The quantitative estimate of drug-likeness (QED) is 0.666. The number of nitrogens with zero attached hydrogens (tertiary/aromatic N) is 5. The minimum absolute atomic E-state index is 0.00346. The summed E-state index contributed by atoms with van der Waals surface area (Å²) in [5.74, 6) is 1.45. The number of anilines is 3. The molecule has 2 aliphatic heterocycles. The summed E-state index contributed by atoms with van der Waals surface area (Å²) in [7, 11) is 1.83. The lowest BCUT2D eigenvalue weighted by atomic mass is 9.85. The van der Waals surface area contributed by atoms with E-state index < -0.39 is 17.1 Å². The van der Waals surface area contributed by atoms with Gasteiger partial charge in [-0.25, -0.2) is 15.0 Å². The van der Waals surface area contributed by atoms with E-state index in [0.29, 0.717) is 11.5 Å². The lowest BCUT2D eigenvalue weighted by molar-refractivity contribution is -0.121. The van der Waals surface area contributed by atoms with Crippen LogP contribution in [-0.4, -0.2) is 39.2 Å². The Bertz CT molecular complexity index is 1250. The molecule has 0 fully saturated rings. The van der Waals surface area contributed by atoms with Gasteiger partial charge in [0.1, 0.15) is 17.9 Å². The highest BCUT2D eigenvalue weighted by Gasteiger charge is 2.47. The molecule has 1 N–H and O–H groups in total. The number of aryl methyl sites for hydroxylation is 1. The molecule has 164 valence electrons. The number of carbonyl (C=O) groups excluding carboxylic acids is 1. The molecule has 0 bridgehead atoms. The van der Waals surface area contributed by atoms with Gasteiger partial charge in [0.05, 0.1) is 23.0 Å². The topological polar surface area (TPSA) is 82.5 Å². The van der Waals surface area contributed by atoms with Gasteiger partial charge in [0.25, 0.3) is 0 Å². The molecular formula is C25H27N5O2. The van der Waals surface area contributed by atoms with E-state index in [1.54, 1.807) is 28.4 Å². The molecule has 0 saturated heterocycles. The third-order valence-corrected chi connectivity index (χ3v) is 6.92. The van der Waals surface area contributed by atoms with E-state index in [1.165, 1.54) is 0 Å². The molecular weight excluding hydrogens is 402 g/mol. The first-order valence-corrected chi connectivity index (χ1v) is 10.7. The Kier molecular flexibility index (Phi) is 4.24. The second-order valence-electron chi connectivity index (χ2n) is 9.79. The lowest BCUT2D eigenvalue weighted by Gasteiger charge is -2.26. The number of rotatable bonds is 2. The molecule has 0 spiro atoms. The summed E-state index contributed by atoms with van der Waals surface area (Å²) in [6.45, 7) is 9.73. The molecule has 0 aliphatic carbocycles. The Labute approximate surface area is 187 Å². The van der Waals surface area contributed by atoms with Crippen LogP contribution in [0.1, 0.15) is 44.6 Å². The summed E-state index contributed by atoms with van der Waals surface area (Å²) < 4.78 is 0. The van der Waals surface area contributed by atoms with Crippen molar-refractivity contribution in [3.8, 4) is 11.1 Å². The van der Waals surface area contributed by atoms with Crippen LogP contribution >= 0.6 is 0 Å². The average Bonchev–Trinajstić information content (AvgIpc) is 3.07. The third-order valence-electron chi connectivity index (χ3n) is 6.92. The molecule has 0 saturated carbocycles. The van der Waals surface area contributed by atoms with Gasteiger partial charge in [0.2, 0.25) is 5.91 Å². The van der Waals surface area contributed by atoms with Crippen molar-refractivity contribution in [3.63, 3.8) is 0 Å². The maximum absolute atomic E-state index is 13.6. The van der Waals surface area contributed by atoms with E-state index in [2.05, 4.69) is 15.0 Å². The fraction of sp³-hybridized carbons (Fsp3) is 0.360. The monoisotopic (exact) mass is 429 g/mol. The van der Waals surface area contributed by atoms with Gasteiger partial charge >= 0.3 is 0 Å². The van der Waals surface area contributed by atoms with Crippen LogP contribution < -0.4 is 9.80 Å². The highest BCUT2D eigenvalue weighted by atomic mass is 16.3. The molecule has 3 aromatic rings. The van der Waals surface area contributed by atoms with Crippen molar-refractivity contribution in [1.82, 2.24) is 15.0 Å². The molecule has 7 heteroatoms. The van der Waals surface area contributed by atoms with Crippen LogP contribution in [0.5, 0.6) is 0 Å². The molecule has 1 amide bonds. The zero-order chi connectivity index (χ0) is 23.0. The number of aliphatic hydroxyl groups excluding tert-OH is 1. The average molecular weight is 430 g/mol. The molecule has 2 aromatic heterocycles. The normalized spacial score (nSPS) is 20.5. The SMILES string of the molecule is Cc1ncc(-c2ccc3c(c2)N(c2cnc4c(c2)C(C)(C)C(O)N4C)C(=O)C3(C)C)cn1. The highest BCUT2D eigenvalue weighted by Crippen LogP contribution is 2.49. The van der Waals surface area contributed by atoms with Gasteiger partial charge in [-0.1, -0.05) is 26.0 Å². The van der Waals surface area contributed by atoms with E-state index in [4.69, 9.17) is 0 Å². The number of carbonyl (C=O) groups is 1. The van der Waals surface area contributed by atoms with E-state index in [0.717, 1.165) is 33.8 Å². The van der Waals surface area contributed by atoms with Crippen molar-refractivity contribution >= 4 is 23.1 Å². The molecule has 1 unspecified atom stereocenters. The largest absolute Gasteiger partial charge is 0.373 e. The van der Waals surface area contributed by atoms with Gasteiger partial charge in [0.15, 0.2) is 0 Å². The predicted molar refractivity (Wildman–Crippen MR) is 124 cm³/mol. The number of fused-ring (bicyclic) bond motifs is 2. The number of hydrogen-bond donors (Lipinski definition) is 1. The molecule has 5 rings (SSSR count). The second kappa shape index (κ2) is 6.59. The molecule has 7 nitrogen and oxygen atoms in total. The minimum atomic E-state index is -0.675. The standard InChI is InChI=1S/C25H27N5O2/c1-14-26-11-16(12-27-14)15-7-8-18-20(9-15)30(23(32)24(18,2)3)17-10-19-21(28-13-17)29(6)22(31)25(19,4)5/h7-13,22,31H,1-6H3. The van der Waals surface area contributed by atoms with Gasteiger partial charge < -0.3 is 10.0 Å². The Morgan fingerprint density at radius 2 is 1.62 bits per heavy atom. The van der Waals surface area contributed by atoms with Crippen LogP contribution in [0.15, 0.2) is 42.9 Å².